The molecule has 0 aliphatic heterocycles. The number of rotatable bonds is 5. The summed E-state index contributed by atoms with van der Waals surface area (Å²) in [4.78, 5) is 29.4. The van der Waals surface area contributed by atoms with Gasteiger partial charge in [-0.2, -0.15) is 0 Å². The lowest BCUT2D eigenvalue weighted by Crippen LogP contribution is -2.22. The van der Waals surface area contributed by atoms with E-state index in [1.807, 2.05) is 48.5 Å². The van der Waals surface area contributed by atoms with Crippen molar-refractivity contribution in [2.24, 2.45) is 0 Å². The van der Waals surface area contributed by atoms with Crippen LogP contribution >= 0.6 is 34.4 Å². The maximum Gasteiger partial charge on any atom is 0.316 e. The molecule has 5 nitrogen and oxygen atoms in total. The molecule has 0 radical (unpaired) electrons. The number of hydrogen-bond donors (Lipinski definition) is 0. The van der Waals surface area contributed by atoms with Crippen molar-refractivity contribution in [1.29, 1.82) is 0 Å². The summed E-state index contributed by atoms with van der Waals surface area (Å²) >= 11 is 3.37. The van der Waals surface area contributed by atoms with Gasteiger partial charge in [0.1, 0.15) is 0 Å². The van der Waals surface area contributed by atoms with Crippen molar-refractivity contribution >= 4 is 51.2 Å². The monoisotopic (exact) mass is 466 g/mol. The second-order valence-electron chi connectivity index (χ2n) is 5.13. The number of fused-ring (bicyclic) bond motifs is 1. The Morgan fingerprint density at radius 2 is 2.00 bits per heavy atom. The summed E-state index contributed by atoms with van der Waals surface area (Å²) in [6, 6.07) is 14.8. The van der Waals surface area contributed by atoms with Gasteiger partial charge in [0.05, 0.1) is 29.0 Å². The lowest BCUT2D eigenvalue weighted by molar-refractivity contribution is -0.139. The lowest BCUT2D eigenvalue weighted by Gasteiger charge is -2.13. The number of benzene rings is 2. The summed E-state index contributed by atoms with van der Waals surface area (Å²) in [5.74, 6) is -0.229. The average Bonchev–Trinajstić information content (AvgIpc) is 2.61. The predicted molar refractivity (Wildman–Crippen MR) is 107 cm³/mol. The summed E-state index contributed by atoms with van der Waals surface area (Å²) in [6.45, 7) is 2.09. The molecule has 1 heterocycles. The van der Waals surface area contributed by atoms with Crippen molar-refractivity contribution in [3.8, 4) is 5.69 Å². The molecule has 3 aromatic rings. The van der Waals surface area contributed by atoms with Gasteiger partial charge in [-0.25, -0.2) is 4.98 Å². The summed E-state index contributed by atoms with van der Waals surface area (Å²) in [5, 5.41) is 1.02. The topological polar surface area (TPSA) is 61.2 Å². The summed E-state index contributed by atoms with van der Waals surface area (Å²) in [7, 11) is 0. The number of aromatic nitrogens is 2. The summed E-state index contributed by atoms with van der Waals surface area (Å²) < 4.78 is 7.48. The molecular formula is C18H15IN2O3S. The van der Waals surface area contributed by atoms with Crippen LogP contribution in [0.3, 0.4) is 0 Å². The van der Waals surface area contributed by atoms with Crippen LogP contribution in [-0.4, -0.2) is 27.9 Å². The van der Waals surface area contributed by atoms with Gasteiger partial charge < -0.3 is 4.74 Å². The Kier molecular flexibility index (Phi) is 5.74. The van der Waals surface area contributed by atoms with Crippen LogP contribution in [0.4, 0.5) is 0 Å². The van der Waals surface area contributed by atoms with E-state index >= 15 is 0 Å². The molecule has 0 bridgehead atoms. The Morgan fingerprint density at radius 3 is 2.72 bits per heavy atom. The van der Waals surface area contributed by atoms with E-state index in [-0.39, 0.29) is 17.3 Å². The number of nitrogens with zero attached hydrogens (tertiary/aromatic N) is 2. The van der Waals surface area contributed by atoms with Crippen LogP contribution in [-0.2, 0) is 9.53 Å². The van der Waals surface area contributed by atoms with Gasteiger partial charge in [-0.15, -0.1) is 0 Å². The largest absolute Gasteiger partial charge is 0.465 e. The zero-order valence-electron chi connectivity index (χ0n) is 13.4. The van der Waals surface area contributed by atoms with Crippen LogP contribution in [0.15, 0.2) is 58.5 Å². The molecule has 0 unspecified atom stereocenters. The number of thioether (sulfide) groups is 1. The summed E-state index contributed by atoms with van der Waals surface area (Å²) in [5.41, 5.74) is 1.18. The van der Waals surface area contributed by atoms with Gasteiger partial charge in [-0.3, -0.25) is 14.2 Å². The highest BCUT2D eigenvalue weighted by molar-refractivity contribution is 14.1. The molecule has 0 atom stereocenters. The molecule has 3 rings (SSSR count). The summed E-state index contributed by atoms with van der Waals surface area (Å²) in [6.07, 6.45) is 0. The zero-order chi connectivity index (χ0) is 17.8. The molecule has 2 aromatic carbocycles. The van der Waals surface area contributed by atoms with Gasteiger partial charge in [0.15, 0.2) is 5.16 Å². The number of halogens is 1. The minimum atomic E-state index is -0.330. The minimum Gasteiger partial charge on any atom is -0.465 e. The van der Waals surface area contributed by atoms with Gasteiger partial charge in [-0.1, -0.05) is 30.0 Å². The fourth-order valence-electron chi connectivity index (χ4n) is 2.37. The van der Waals surface area contributed by atoms with E-state index in [9.17, 15) is 9.59 Å². The molecule has 0 aliphatic rings. The van der Waals surface area contributed by atoms with E-state index in [0.717, 1.165) is 3.57 Å². The molecule has 25 heavy (non-hydrogen) atoms. The molecular weight excluding hydrogens is 451 g/mol. The molecule has 0 N–H and O–H groups in total. The fourth-order valence-corrected chi connectivity index (χ4v) is 3.67. The van der Waals surface area contributed by atoms with Gasteiger partial charge in [0, 0.05) is 3.57 Å². The second-order valence-corrected chi connectivity index (χ2v) is 7.31. The fraction of sp³-hybridized carbons (Fsp3) is 0.167. The molecule has 0 spiro atoms. The van der Waals surface area contributed by atoms with Gasteiger partial charge in [0.25, 0.3) is 5.56 Å². The Hall–Kier alpha value is -1.87. The SMILES string of the molecule is CCOC(=O)CSc1nc2ccc(I)cc2c(=O)n1-c1ccccc1. The average molecular weight is 466 g/mol. The first-order valence-electron chi connectivity index (χ1n) is 7.66. The van der Waals surface area contributed by atoms with Crippen LogP contribution in [0.25, 0.3) is 16.6 Å². The number of carbonyl (C=O) groups is 1. The van der Waals surface area contributed by atoms with Crippen molar-refractivity contribution in [1.82, 2.24) is 9.55 Å². The molecule has 1 aromatic heterocycles. The van der Waals surface area contributed by atoms with Crippen LogP contribution < -0.4 is 5.56 Å². The van der Waals surface area contributed by atoms with E-state index in [0.29, 0.717) is 28.4 Å². The Morgan fingerprint density at radius 1 is 1.24 bits per heavy atom. The standard InChI is InChI=1S/C18H15IN2O3S/c1-2-24-16(22)11-25-18-20-15-9-8-12(19)10-14(15)17(23)21(18)13-6-4-3-5-7-13/h3-10H,2,11H2,1H3. The maximum atomic E-state index is 13.1. The Labute approximate surface area is 162 Å². The van der Waals surface area contributed by atoms with Gasteiger partial charge in [-0.05, 0) is 59.8 Å². The number of hydrogen-bond acceptors (Lipinski definition) is 5. The van der Waals surface area contributed by atoms with Crippen molar-refractivity contribution in [3.05, 3.63) is 62.5 Å². The lowest BCUT2D eigenvalue weighted by atomic mass is 10.2. The smallest absolute Gasteiger partial charge is 0.316 e. The Bertz CT molecular complexity index is 973. The Balaban J connectivity index is 2.14. The van der Waals surface area contributed by atoms with E-state index in [2.05, 4.69) is 27.6 Å². The first-order valence-corrected chi connectivity index (χ1v) is 9.72. The molecule has 0 fully saturated rings. The van der Waals surface area contributed by atoms with Crippen LogP contribution in [0.5, 0.6) is 0 Å². The first-order chi connectivity index (χ1) is 12.1. The third kappa shape index (κ3) is 4.04. The molecule has 0 amide bonds. The van der Waals surface area contributed by atoms with E-state index in [4.69, 9.17) is 4.74 Å². The number of esters is 1. The van der Waals surface area contributed by atoms with Gasteiger partial charge in [0.2, 0.25) is 0 Å². The third-order valence-electron chi connectivity index (χ3n) is 3.44. The molecule has 128 valence electrons. The van der Waals surface area contributed by atoms with Crippen LogP contribution in [0.2, 0.25) is 0 Å². The number of carbonyl (C=O) groups excluding carboxylic acids is 1. The minimum absolute atomic E-state index is 0.100. The highest BCUT2D eigenvalue weighted by Gasteiger charge is 2.15. The third-order valence-corrected chi connectivity index (χ3v) is 5.02. The van der Waals surface area contributed by atoms with Crippen molar-refractivity contribution < 1.29 is 9.53 Å². The molecule has 7 heteroatoms. The molecule has 0 saturated heterocycles. The molecule has 0 aliphatic carbocycles. The van der Waals surface area contributed by atoms with Crippen molar-refractivity contribution in [2.75, 3.05) is 12.4 Å². The second kappa shape index (κ2) is 8.01. The number of para-hydroxylation sites is 1. The van der Waals surface area contributed by atoms with Crippen molar-refractivity contribution in [2.45, 2.75) is 12.1 Å². The zero-order valence-corrected chi connectivity index (χ0v) is 16.4. The predicted octanol–water partition coefficient (Wildman–Crippen LogP) is 3.65. The number of ether oxygens (including phenoxy) is 1. The molecule has 0 saturated carbocycles. The van der Waals surface area contributed by atoms with E-state index in [1.54, 1.807) is 11.5 Å². The van der Waals surface area contributed by atoms with Crippen LogP contribution in [0.1, 0.15) is 6.92 Å². The van der Waals surface area contributed by atoms with E-state index in [1.165, 1.54) is 11.8 Å². The van der Waals surface area contributed by atoms with E-state index < -0.39 is 0 Å². The van der Waals surface area contributed by atoms with Gasteiger partial charge >= 0.3 is 5.97 Å². The highest BCUT2D eigenvalue weighted by Crippen LogP contribution is 2.22. The van der Waals surface area contributed by atoms with Crippen LogP contribution in [0, 0.1) is 3.57 Å². The first kappa shape index (κ1) is 17.9. The normalized spacial score (nSPS) is 10.8. The quantitative estimate of drug-likeness (QED) is 0.249. The maximum absolute atomic E-state index is 13.1. The van der Waals surface area contributed by atoms with Crippen molar-refractivity contribution in [3.63, 3.8) is 0 Å². The highest BCUT2D eigenvalue weighted by atomic mass is 127.